The maximum atomic E-state index is 13.0. The fourth-order valence-corrected chi connectivity index (χ4v) is 2.14. The van der Waals surface area contributed by atoms with Gasteiger partial charge in [0.2, 0.25) is 5.92 Å². The number of aromatic carboxylic acids is 1. The van der Waals surface area contributed by atoms with Crippen LogP contribution in [0.1, 0.15) is 36.0 Å². The Morgan fingerprint density at radius 2 is 1.95 bits per heavy atom. The van der Waals surface area contributed by atoms with Gasteiger partial charge in [-0.05, 0) is 25.0 Å². The molecule has 1 aliphatic carbocycles. The maximum Gasteiger partial charge on any atom is 0.335 e. The quantitative estimate of drug-likeness (QED) is 0.829. The molecule has 1 aromatic rings. The van der Waals surface area contributed by atoms with E-state index in [1.807, 2.05) is 0 Å². The van der Waals surface area contributed by atoms with E-state index in [4.69, 9.17) is 15.6 Å². The average Bonchev–Trinajstić information content (AvgIpc) is 2.31. The van der Waals surface area contributed by atoms with Crippen molar-refractivity contribution in [2.24, 2.45) is 0 Å². The van der Waals surface area contributed by atoms with Crippen molar-refractivity contribution in [3.05, 3.63) is 23.8 Å². The number of hydrogen-bond acceptors (Lipinski definition) is 3. The van der Waals surface area contributed by atoms with Gasteiger partial charge in [0.1, 0.15) is 5.75 Å². The summed E-state index contributed by atoms with van der Waals surface area (Å²) in [6.07, 6.45) is -0.213. The number of halogens is 2. The van der Waals surface area contributed by atoms with E-state index in [2.05, 4.69) is 0 Å². The second-order valence-corrected chi connectivity index (χ2v) is 4.77. The van der Waals surface area contributed by atoms with Crippen LogP contribution < -0.4 is 10.5 Å². The zero-order valence-corrected chi connectivity index (χ0v) is 10.2. The van der Waals surface area contributed by atoms with E-state index in [1.165, 1.54) is 18.2 Å². The maximum absolute atomic E-state index is 13.0. The van der Waals surface area contributed by atoms with Crippen molar-refractivity contribution in [2.45, 2.75) is 37.7 Å². The van der Waals surface area contributed by atoms with Crippen molar-refractivity contribution in [3.8, 4) is 5.75 Å². The zero-order chi connectivity index (χ0) is 14.0. The Balaban J connectivity index is 2.05. The number of hydrogen-bond donors (Lipinski definition) is 2. The molecule has 0 amide bonds. The van der Waals surface area contributed by atoms with Crippen molar-refractivity contribution < 1.29 is 23.4 Å². The zero-order valence-electron chi connectivity index (χ0n) is 10.2. The average molecular weight is 271 g/mol. The van der Waals surface area contributed by atoms with Gasteiger partial charge in [0, 0.05) is 24.6 Å². The van der Waals surface area contributed by atoms with Crippen molar-refractivity contribution in [2.75, 3.05) is 5.73 Å². The molecule has 0 bridgehead atoms. The molecule has 0 aromatic heterocycles. The summed E-state index contributed by atoms with van der Waals surface area (Å²) in [6, 6.07) is 4.18. The monoisotopic (exact) mass is 271 g/mol. The number of alkyl halides is 2. The summed E-state index contributed by atoms with van der Waals surface area (Å²) in [7, 11) is 0. The van der Waals surface area contributed by atoms with Crippen LogP contribution in [0, 0.1) is 0 Å². The number of carboxylic acid groups (broad SMARTS) is 1. The lowest BCUT2D eigenvalue weighted by Crippen LogP contribution is -2.30. The van der Waals surface area contributed by atoms with Crippen LogP contribution in [0.25, 0.3) is 0 Å². The smallest absolute Gasteiger partial charge is 0.335 e. The molecule has 1 aromatic carbocycles. The van der Waals surface area contributed by atoms with Gasteiger partial charge < -0.3 is 15.6 Å². The Bertz CT molecular complexity index is 481. The van der Waals surface area contributed by atoms with Gasteiger partial charge in [-0.25, -0.2) is 13.6 Å². The highest BCUT2D eigenvalue weighted by Gasteiger charge is 2.35. The molecular weight excluding hydrogens is 256 g/mol. The van der Waals surface area contributed by atoms with Crippen molar-refractivity contribution in [1.29, 1.82) is 0 Å². The Morgan fingerprint density at radius 3 is 2.53 bits per heavy atom. The number of benzene rings is 1. The molecule has 3 N–H and O–H groups in total. The fraction of sp³-hybridized carbons (Fsp3) is 0.462. The Hall–Kier alpha value is -1.85. The van der Waals surface area contributed by atoms with Crippen LogP contribution in [0.4, 0.5) is 14.5 Å². The first kappa shape index (κ1) is 13.6. The van der Waals surface area contributed by atoms with Crippen molar-refractivity contribution in [1.82, 2.24) is 0 Å². The third kappa shape index (κ3) is 3.56. The molecule has 6 heteroatoms. The summed E-state index contributed by atoms with van der Waals surface area (Å²) in [6.45, 7) is 0. The molecule has 0 radical (unpaired) electrons. The van der Waals surface area contributed by atoms with E-state index in [-0.39, 0.29) is 43.0 Å². The second kappa shape index (κ2) is 5.03. The highest BCUT2D eigenvalue weighted by molar-refractivity contribution is 5.89. The second-order valence-electron chi connectivity index (χ2n) is 4.77. The lowest BCUT2D eigenvalue weighted by Gasteiger charge is -2.28. The normalized spacial score (nSPS) is 19.1. The van der Waals surface area contributed by atoms with Crippen LogP contribution in [0.15, 0.2) is 18.2 Å². The molecular formula is C13H15F2NO3. The Labute approximate surface area is 109 Å². The predicted octanol–water partition coefficient (Wildman–Crippen LogP) is 2.92. The molecule has 4 nitrogen and oxygen atoms in total. The van der Waals surface area contributed by atoms with Crippen LogP contribution in [0.2, 0.25) is 0 Å². The molecule has 0 spiro atoms. The first-order valence-corrected chi connectivity index (χ1v) is 6.04. The third-order valence-corrected chi connectivity index (χ3v) is 3.14. The van der Waals surface area contributed by atoms with E-state index >= 15 is 0 Å². The van der Waals surface area contributed by atoms with Gasteiger partial charge in [0.15, 0.2) is 0 Å². The number of ether oxygens (including phenoxy) is 1. The first-order valence-electron chi connectivity index (χ1n) is 6.04. The van der Waals surface area contributed by atoms with Crippen LogP contribution >= 0.6 is 0 Å². The number of nitrogen functional groups attached to an aromatic ring is 1. The van der Waals surface area contributed by atoms with E-state index in [9.17, 15) is 13.6 Å². The molecule has 0 atom stereocenters. The molecule has 1 aliphatic rings. The van der Waals surface area contributed by atoms with E-state index in [0.29, 0.717) is 5.75 Å². The molecule has 0 aliphatic heterocycles. The van der Waals surface area contributed by atoms with Gasteiger partial charge in [-0.3, -0.25) is 0 Å². The minimum absolute atomic E-state index is 0.0242. The van der Waals surface area contributed by atoms with Crippen LogP contribution in [-0.2, 0) is 0 Å². The van der Waals surface area contributed by atoms with Crippen LogP contribution in [0.5, 0.6) is 5.75 Å². The van der Waals surface area contributed by atoms with Crippen LogP contribution in [0.3, 0.4) is 0 Å². The van der Waals surface area contributed by atoms with Crippen molar-refractivity contribution >= 4 is 11.7 Å². The Kier molecular flexibility index (Phi) is 3.59. The highest BCUT2D eigenvalue weighted by atomic mass is 19.3. The predicted molar refractivity (Wildman–Crippen MR) is 65.6 cm³/mol. The van der Waals surface area contributed by atoms with E-state index in [1.54, 1.807) is 0 Å². The van der Waals surface area contributed by atoms with Gasteiger partial charge in [-0.2, -0.15) is 0 Å². The minimum atomic E-state index is -2.61. The van der Waals surface area contributed by atoms with Gasteiger partial charge in [0.25, 0.3) is 0 Å². The number of anilines is 1. The first-order chi connectivity index (χ1) is 8.85. The SMILES string of the molecule is Nc1cc(OC2CCC(F)(F)CC2)cc(C(=O)O)c1. The molecule has 0 saturated heterocycles. The summed E-state index contributed by atoms with van der Waals surface area (Å²) >= 11 is 0. The minimum Gasteiger partial charge on any atom is -0.490 e. The summed E-state index contributed by atoms with van der Waals surface area (Å²) in [4.78, 5) is 10.9. The van der Waals surface area contributed by atoms with Gasteiger partial charge in [0.05, 0.1) is 11.7 Å². The largest absolute Gasteiger partial charge is 0.490 e. The third-order valence-electron chi connectivity index (χ3n) is 3.14. The molecule has 104 valence electrons. The van der Waals surface area contributed by atoms with E-state index < -0.39 is 11.9 Å². The number of carboxylic acids is 1. The molecule has 0 unspecified atom stereocenters. The molecule has 1 saturated carbocycles. The lowest BCUT2D eigenvalue weighted by molar-refractivity contribution is -0.0582. The topological polar surface area (TPSA) is 72.5 Å². The molecule has 2 rings (SSSR count). The van der Waals surface area contributed by atoms with E-state index in [0.717, 1.165) is 0 Å². The summed E-state index contributed by atoms with van der Waals surface area (Å²) in [5, 5.41) is 8.90. The van der Waals surface area contributed by atoms with Gasteiger partial charge in [-0.15, -0.1) is 0 Å². The molecule has 0 heterocycles. The van der Waals surface area contributed by atoms with Crippen molar-refractivity contribution in [3.63, 3.8) is 0 Å². The van der Waals surface area contributed by atoms with Gasteiger partial charge >= 0.3 is 5.97 Å². The summed E-state index contributed by atoms with van der Waals surface area (Å²) in [5.74, 6) is -3.40. The standard InChI is InChI=1S/C13H15F2NO3/c14-13(15)3-1-10(2-4-13)19-11-6-8(12(17)18)5-9(16)7-11/h5-7,10H,1-4,16H2,(H,17,18). The number of rotatable bonds is 3. The number of nitrogens with two attached hydrogens (primary N) is 1. The molecule has 1 fully saturated rings. The Morgan fingerprint density at radius 1 is 1.32 bits per heavy atom. The van der Waals surface area contributed by atoms with Gasteiger partial charge in [-0.1, -0.05) is 0 Å². The summed E-state index contributed by atoms with van der Waals surface area (Å²) in [5.41, 5.74) is 5.88. The number of carbonyl (C=O) groups is 1. The fourth-order valence-electron chi connectivity index (χ4n) is 2.14. The lowest BCUT2D eigenvalue weighted by atomic mass is 9.94. The summed E-state index contributed by atoms with van der Waals surface area (Å²) < 4.78 is 31.5. The molecule has 19 heavy (non-hydrogen) atoms. The highest BCUT2D eigenvalue weighted by Crippen LogP contribution is 2.35. The van der Waals surface area contributed by atoms with Crippen LogP contribution in [-0.4, -0.2) is 23.1 Å².